The van der Waals surface area contributed by atoms with Crippen LogP contribution in [-0.2, 0) is 22.7 Å². The number of imidazole rings is 1. The Morgan fingerprint density at radius 3 is 1.86 bits per heavy atom. The van der Waals surface area contributed by atoms with Crippen molar-refractivity contribution in [1.82, 2.24) is 15.2 Å². The Bertz CT molecular complexity index is 1310. The van der Waals surface area contributed by atoms with Gasteiger partial charge in [0, 0.05) is 44.4 Å². The third-order valence-electron chi connectivity index (χ3n) is 8.28. The molecule has 1 aliphatic rings. The van der Waals surface area contributed by atoms with Crippen molar-refractivity contribution in [2.45, 2.75) is 103 Å². The number of hydrogen-bond donors (Lipinski definition) is 2. The molecule has 0 atom stereocenters. The molecule has 1 aromatic carbocycles. The summed E-state index contributed by atoms with van der Waals surface area (Å²) in [6.07, 6.45) is 1.90. The van der Waals surface area contributed by atoms with Crippen molar-refractivity contribution < 1.29 is 40.5 Å². The van der Waals surface area contributed by atoms with Gasteiger partial charge in [0.2, 0.25) is 0 Å². The van der Waals surface area contributed by atoms with E-state index in [2.05, 4.69) is 39.9 Å². The van der Waals surface area contributed by atoms with E-state index in [1.54, 1.807) is 21.5 Å². The molecule has 0 bridgehead atoms. The number of benzene rings is 1. The van der Waals surface area contributed by atoms with Crippen LogP contribution in [0.5, 0.6) is 0 Å². The highest BCUT2D eigenvalue weighted by Gasteiger charge is 2.38. The van der Waals surface area contributed by atoms with Gasteiger partial charge in [-0.3, -0.25) is 9.59 Å². The van der Waals surface area contributed by atoms with Crippen molar-refractivity contribution >= 4 is 34.8 Å². The van der Waals surface area contributed by atoms with Crippen LogP contribution in [0.25, 0.3) is 0 Å². The molecule has 16 heteroatoms. The number of nitrogens with one attached hydrogen (secondary N) is 2. The lowest BCUT2D eigenvalue weighted by molar-refractivity contribution is -0.684. The summed E-state index contributed by atoms with van der Waals surface area (Å²) < 4.78 is 78.6. The SMILES string of the molecule is CCCCCN1CCN(CCCCC)c2cc(N=Nc3n(CCCCNC(=O)C(F)(F)F)cc[n+]3CCCCNC(=O)C(F)(F)F)ccc21. The van der Waals surface area contributed by atoms with E-state index in [1.807, 2.05) is 22.8 Å². The summed E-state index contributed by atoms with van der Waals surface area (Å²) in [6, 6.07) is 6.05. The van der Waals surface area contributed by atoms with Crippen LogP contribution in [0.4, 0.5) is 49.4 Å². The van der Waals surface area contributed by atoms with Crippen molar-refractivity contribution in [1.29, 1.82) is 0 Å². The number of nitrogens with zero attached hydrogens (tertiary/aromatic N) is 6. The number of alkyl halides is 6. The molecule has 0 fully saturated rings. The molecule has 0 spiro atoms. The fourth-order valence-corrected chi connectivity index (χ4v) is 5.59. The first kappa shape index (κ1) is 39.6. The number of halogens is 6. The number of fused-ring (bicyclic) bond motifs is 1. The average molecular weight is 704 g/mol. The maximum Gasteiger partial charge on any atom is 0.471 e. The number of anilines is 2. The fraction of sp³-hybridized carbons (Fsp3) is 0.667. The Kier molecular flexibility index (Phi) is 15.6. The number of amides is 2. The molecular weight excluding hydrogens is 654 g/mol. The Balaban J connectivity index is 1.77. The molecule has 2 aromatic rings. The maximum absolute atomic E-state index is 12.5. The van der Waals surface area contributed by atoms with E-state index in [1.165, 1.54) is 12.1 Å². The van der Waals surface area contributed by atoms with Gasteiger partial charge in [-0.2, -0.15) is 26.3 Å². The summed E-state index contributed by atoms with van der Waals surface area (Å²) in [5, 5.41) is 12.9. The zero-order chi connectivity index (χ0) is 35.9. The quantitative estimate of drug-likeness (QED) is 0.0665. The molecule has 2 amide bonds. The smallest absolute Gasteiger partial charge is 0.368 e. The van der Waals surface area contributed by atoms with Crippen LogP contribution in [0.1, 0.15) is 78.1 Å². The van der Waals surface area contributed by atoms with Gasteiger partial charge in [0.15, 0.2) is 0 Å². The van der Waals surface area contributed by atoms with Crippen molar-refractivity contribution in [3.05, 3.63) is 30.6 Å². The lowest BCUT2D eigenvalue weighted by Gasteiger charge is -2.39. The number of azo groups is 1. The fourth-order valence-electron chi connectivity index (χ4n) is 5.59. The first-order chi connectivity index (χ1) is 23.3. The summed E-state index contributed by atoms with van der Waals surface area (Å²) in [6.45, 7) is 8.65. The van der Waals surface area contributed by atoms with Crippen molar-refractivity contribution in [2.75, 3.05) is 49.1 Å². The second-order valence-electron chi connectivity index (χ2n) is 12.2. The summed E-state index contributed by atoms with van der Waals surface area (Å²) in [7, 11) is 0. The molecule has 0 radical (unpaired) electrons. The molecule has 10 nitrogen and oxygen atoms in total. The molecule has 1 aliphatic heterocycles. The lowest BCUT2D eigenvalue weighted by Crippen LogP contribution is -2.42. The Hall–Kier alpha value is -3.85. The average Bonchev–Trinajstić information content (AvgIpc) is 3.44. The summed E-state index contributed by atoms with van der Waals surface area (Å²) in [5.74, 6) is -3.51. The van der Waals surface area contributed by atoms with Gasteiger partial charge in [0.25, 0.3) is 0 Å². The Morgan fingerprint density at radius 1 is 0.735 bits per heavy atom. The van der Waals surface area contributed by atoms with Crippen LogP contribution in [-0.4, -0.2) is 68.0 Å². The van der Waals surface area contributed by atoms with Gasteiger partial charge in [0.1, 0.15) is 5.69 Å². The number of aryl methyl sites for hydroxylation is 2. The van der Waals surface area contributed by atoms with Gasteiger partial charge in [-0.05, 0) is 56.7 Å². The molecule has 1 aromatic heterocycles. The van der Waals surface area contributed by atoms with E-state index in [0.717, 1.165) is 64.0 Å². The Labute approximate surface area is 283 Å². The van der Waals surface area contributed by atoms with Crippen LogP contribution in [0.15, 0.2) is 40.8 Å². The zero-order valence-corrected chi connectivity index (χ0v) is 28.4. The normalized spacial score (nSPS) is 13.6. The zero-order valence-electron chi connectivity index (χ0n) is 28.4. The van der Waals surface area contributed by atoms with Gasteiger partial charge in [-0.25, -0.2) is 9.13 Å². The minimum absolute atomic E-state index is 0.139. The summed E-state index contributed by atoms with van der Waals surface area (Å²) >= 11 is 0. The minimum atomic E-state index is -4.94. The molecule has 49 heavy (non-hydrogen) atoms. The molecule has 0 saturated heterocycles. The van der Waals surface area contributed by atoms with Gasteiger partial charge in [0.05, 0.1) is 36.9 Å². The maximum atomic E-state index is 12.5. The van der Waals surface area contributed by atoms with Crippen LogP contribution in [0, 0.1) is 0 Å². The standard InChI is InChI=1S/C33H48F6N8O2/c1-3-5-9-17-44-21-22-45(18-10-6-4-2)28-25-26(13-14-27(28)44)42-43-31-46(19-11-7-15-40-29(48)32(34,35)36)23-24-47(31)20-12-8-16-41-30(49)33(37,38)39/h13-14,23-25H,3-12,15-22H2,1-2H3,(H-,40,41,48,49)/p+1. The van der Waals surface area contributed by atoms with Crippen LogP contribution in [0.2, 0.25) is 0 Å². The van der Waals surface area contributed by atoms with E-state index in [4.69, 9.17) is 0 Å². The van der Waals surface area contributed by atoms with Crippen molar-refractivity contribution in [3.8, 4) is 0 Å². The first-order valence-corrected chi connectivity index (χ1v) is 17.2. The van der Waals surface area contributed by atoms with E-state index in [-0.39, 0.29) is 13.1 Å². The number of rotatable bonds is 20. The minimum Gasteiger partial charge on any atom is -0.368 e. The van der Waals surface area contributed by atoms with Crippen LogP contribution >= 0.6 is 0 Å². The molecule has 0 saturated carbocycles. The predicted octanol–water partition coefficient (Wildman–Crippen LogP) is 7.12. The third kappa shape index (κ3) is 12.8. The van der Waals surface area contributed by atoms with Crippen molar-refractivity contribution in [3.63, 3.8) is 0 Å². The largest absolute Gasteiger partial charge is 0.471 e. The van der Waals surface area contributed by atoms with E-state index >= 15 is 0 Å². The second-order valence-corrected chi connectivity index (χ2v) is 12.2. The van der Waals surface area contributed by atoms with E-state index < -0.39 is 24.2 Å². The number of hydrogen-bond acceptors (Lipinski definition) is 6. The lowest BCUT2D eigenvalue weighted by atomic mass is 10.1. The Morgan fingerprint density at radius 2 is 1.29 bits per heavy atom. The van der Waals surface area contributed by atoms with Crippen LogP contribution in [0.3, 0.4) is 0 Å². The summed E-state index contributed by atoms with van der Waals surface area (Å²) in [5.41, 5.74) is 2.94. The van der Waals surface area contributed by atoms with Gasteiger partial charge in [-0.1, -0.05) is 44.6 Å². The number of carbonyl (C=O) groups excluding carboxylic acids is 2. The summed E-state index contributed by atoms with van der Waals surface area (Å²) in [4.78, 5) is 27.0. The molecule has 0 unspecified atom stereocenters. The molecular formula is C33H49F6N8O2+. The van der Waals surface area contributed by atoms with Crippen LogP contribution < -0.4 is 25.0 Å². The number of carbonyl (C=O) groups is 2. The van der Waals surface area contributed by atoms with Crippen molar-refractivity contribution in [2.24, 2.45) is 10.2 Å². The molecule has 2 N–H and O–H groups in total. The highest BCUT2D eigenvalue weighted by molar-refractivity contribution is 5.82. The molecule has 3 rings (SSSR count). The topological polar surface area (TPSA) is 98.2 Å². The van der Waals surface area contributed by atoms with E-state index in [9.17, 15) is 35.9 Å². The highest BCUT2D eigenvalue weighted by Crippen LogP contribution is 2.37. The predicted molar refractivity (Wildman–Crippen MR) is 175 cm³/mol. The number of unbranched alkanes of at least 4 members (excludes halogenated alkanes) is 6. The van der Waals surface area contributed by atoms with Gasteiger partial charge < -0.3 is 20.4 Å². The van der Waals surface area contributed by atoms with Gasteiger partial charge in [-0.15, -0.1) is 0 Å². The third-order valence-corrected chi connectivity index (χ3v) is 8.28. The molecule has 274 valence electrons. The number of aromatic nitrogens is 2. The first-order valence-electron chi connectivity index (χ1n) is 17.2. The molecule has 2 heterocycles. The van der Waals surface area contributed by atoms with Gasteiger partial charge >= 0.3 is 30.1 Å². The monoisotopic (exact) mass is 703 g/mol. The highest BCUT2D eigenvalue weighted by atomic mass is 19.4. The molecule has 0 aliphatic carbocycles. The second kappa shape index (κ2) is 19.4. The van der Waals surface area contributed by atoms with E-state index in [0.29, 0.717) is 50.4 Å².